The molecule has 0 saturated heterocycles. The Hall–Kier alpha value is -3.37. The molecule has 49 heavy (non-hydrogen) atoms. The summed E-state index contributed by atoms with van der Waals surface area (Å²) in [7, 11) is -6.04. The van der Waals surface area contributed by atoms with Gasteiger partial charge >= 0.3 is 0 Å². The van der Waals surface area contributed by atoms with Crippen LogP contribution in [0.4, 0.5) is 34.1 Å². The first-order valence-corrected chi connectivity index (χ1v) is 32.1. The molecule has 2 heterocycles. The van der Waals surface area contributed by atoms with Crippen LogP contribution in [0.1, 0.15) is 0 Å². The van der Waals surface area contributed by atoms with E-state index in [4.69, 9.17) is 0 Å². The number of hydrogen-bond donors (Lipinski definition) is 0. The molecule has 2 nitrogen and oxygen atoms in total. The van der Waals surface area contributed by atoms with Crippen molar-refractivity contribution < 1.29 is 0 Å². The summed E-state index contributed by atoms with van der Waals surface area (Å²) in [5.74, 6) is 0. The number of rotatable bonds is 6. The first-order valence-electron chi connectivity index (χ1n) is 18.1. The Kier molecular flexibility index (Phi) is 8.06. The van der Waals surface area contributed by atoms with E-state index in [0.29, 0.717) is 0 Å². The second-order valence-corrected chi connectivity index (χ2v) is 38.8. The van der Waals surface area contributed by atoms with Gasteiger partial charge in [0.25, 0.3) is 6.71 Å². The van der Waals surface area contributed by atoms with Crippen LogP contribution in [0.15, 0.2) is 103 Å². The van der Waals surface area contributed by atoms with Crippen LogP contribution in [0.3, 0.4) is 0 Å². The van der Waals surface area contributed by atoms with E-state index in [9.17, 15) is 0 Å². The summed E-state index contributed by atoms with van der Waals surface area (Å²) >= 11 is 0. The maximum atomic E-state index is 2.60. The molecule has 0 bridgehead atoms. The molecule has 7 rings (SSSR count). The Balaban J connectivity index is 1.54. The van der Waals surface area contributed by atoms with Crippen LogP contribution in [0.5, 0.6) is 0 Å². The lowest BCUT2D eigenvalue weighted by atomic mass is 9.33. The highest BCUT2D eigenvalue weighted by atomic mass is 28.3. The van der Waals surface area contributed by atoms with Gasteiger partial charge in [-0.3, -0.25) is 0 Å². The van der Waals surface area contributed by atoms with E-state index in [1.54, 1.807) is 0 Å². The summed E-state index contributed by atoms with van der Waals surface area (Å²) in [6, 6.07) is 41.0. The lowest BCUT2D eigenvalue weighted by Gasteiger charge is -2.44. The highest BCUT2D eigenvalue weighted by Gasteiger charge is 2.44. The lowest BCUT2D eigenvalue weighted by molar-refractivity contribution is 1.26. The van der Waals surface area contributed by atoms with Crippen LogP contribution in [-0.4, -0.2) is 39.0 Å². The van der Waals surface area contributed by atoms with Crippen molar-refractivity contribution in [1.82, 2.24) is 0 Å². The quantitative estimate of drug-likeness (QED) is 0.162. The Morgan fingerprint density at radius 1 is 0.367 bits per heavy atom. The molecular formula is C42H53BN2Si4. The zero-order valence-electron chi connectivity index (χ0n) is 31.8. The molecule has 0 aromatic heterocycles. The van der Waals surface area contributed by atoms with E-state index in [2.05, 4.69) is 191 Å². The second kappa shape index (κ2) is 11.6. The minimum absolute atomic E-state index is 0.166. The molecule has 0 spiro atoms. The molecule has 0 N–H and O–H groups in total. The molecule has 5 aromatic carbocycles. The van der Waals surface area contributed by atoms with Crippen LogP contribution in [0.25, 0.3) is 0 Å². The smallest absolute Gasteiger partial charge is 0.252 e. The van der Waals surface area contributed by atoms with Gasteiger partial charge in [-0.2, -0.15) is 0 Å². The third-order valence-electron chi connectivity index (χ3n) is 10.7. The van der Waals surface area contributed by atoms with Gasteiger partial charge in [0, 0.05) is 34.1 Å². The van der Waals surface area contributed by atoms with Gasteiger partial charge in [-0.1, -0.05) is 154 Å². The van der Waals surface area contributed by atoms with Crippen molar-refractivity contribution in [2.24, 2.45) is 0 Å². The normalized spacial score (nSPS) is 14.4. The summed E-state index contributed by atoms with van der Waals surface area (Å²) in [5.41, 5.74) is 12.0. The maximum Gasteiger partial charge on any atom is 0.252 e. The van der Waals surface area contributed by atoms with E-state index in [1.165, 1.54) is 71.3 Å². The molecule has 2 aliphatic rings. The third kappa shape index (κ3) is 5.96. The summed E-state index contributed by atoms with van der Waals surface area (Å²) in [6.45, 7) is 29.7. The molecule has 2 aliphatic heterocycles. The molecule has 0 aliphatic carbocycles. The molecule has 0 fully saturated rings. The molecule has 0 unspecified atom stereocenters. The largest absolute Gasteiger partial charge is 0.311 e. The monoisotopic (exact) mass is 708 g/mol. The molecule has 0 radical (unpaired) electrons. The Morgan fingerprint density at radius 3 is 1.02 bits per heavy atom. The SMILES string of the molecule is C[Si](C)(C)c1ccc(N2c3ccc([Si](C)(C)C)cc3B3c4cc([Si](C)(C)C)ccc4N(c4ccc([Si](C)(C)C)cc4)c4cccc2c43)cc1. The first-order chi connectivity index (χ1) is 22.8. The van der Waals surface area contributed by atoms with Crippen molar-refractivity contribution in [3.63, 3.8) is 0 Å². The predicted molar refractivity (Wildman–Crippen MR) is 232 cm³/mol. The minimum atomic E-state index is -1.59. The van der Waals surface area contributed by atoms with Crippen LogP contribution in [-0.2, 0) is 0 Å². The number of benzene rings is 5. The summed E-state index contributed by atoms with van der Waals surface area (Å²) < 4.78 is 0. The van der Waals surface area contributed by atoms with Crippen molar-refractivity contribution in [3.8, 4) is 0 Å². The number of nitrogens with zero attached hydrogens (tertiary/aromatic N) is 2. The zero-order chi connectivity index (χ0) is 35.3. The van der Waals surface area contributed by atoms with E-state index >= 15 is 0 Å². The molecule has 0 saturated carbocycles. The topological polar surface area (TPSA) is 6.48 Å². The highest BCUT2D eigenvalue weighted by molar-refractivity contribution is 7.01. The summed E-state index contributed by atoms with van der Waals surface area (Å²) in [5, 5.41) is 6.04. The van der Waals surface area contributed by atoms with E-state index in [0.717, 1.165) is 0 Å². The molecule has 5 aromatic rings. The predicted octanol–water partition coefficient (Wildman–Crippen LogP) is 7.95. The Labute approximate surface area is 300 Å². The molecule has 250 valence electrons. The molecular weight excluding hydrogens is 656 g/mol. The van der Waals surface area contributed by atoms with Gasteiger partial charge in [-0.25, -0.2) is 0 Å². The van der Waals surface area contributed by atoms with Gasteiger partial charge in [0.15, 0.2) is 0 Å². The van der Waals surface area contributed by atoms with Crippen LogP contribution >= 0.6 is 0 Å². The lowest BCUT2D eigenvalue weighted by Crippen LogP contribution is -2.63. The molecule has 0 amide bonds. The van der Waals surface area contributed by atoms with Crippen LogP contribution in [0, 0.1) is 0 Å². The molecule has 7 heteroatoms. The standard InChI is InChI=1S/C42H53BN2Si4/c1-46(2,3)32-20-16-30(17-21-32)44-38-26-24-34(48(7,8)9)28-36(38)43-37-29-35(49(10,11)12)25-27-39(37)45(41-15-13-14-40(44)42(41)43)31-18-22-33(23-19-31)47(4,5)6/h13-29H,1-12H3. The van der Waals surface area contributed by atoms with Crippen LogP contribution in [0.2, 0.25) is 78.6 Å². The fourth-order valence-corrected chi connectivity index (χ4v) is 12.3. The average Bonchev–Trinajstić information content (AvgIpc) is 3.02. The summed E-state index contributed by atoms with van der Waals surface area (Å²) in [4.78, 5) is 5.12. The highest BCUT2D eigenvalue weighted by Crippen LogP contribution is 2.43. The van der Waals surface area contributed by atoms with Crippen LogP contribution < -0.4 is 46.9 Å². The van der Waals surface area contributed by atoms with Gasteiger partial charge in [-0.15, -0.1) is 0 Å². The van der Waals surface area contributed by atoms with Gasteiger partial charge in [0.05, 0.1) is 32.3 Å². The maximum absolute atomic E-state index is 2.60. The van der Waals surface area contributed by atoms with Gasteiger partial charge in [-0.05, 0) is 64.9 Å². The Morgan fingerprint density at radius 2 is 0.694 bits per heavy atom. The number of fused-ring (bicyclic) bond motifs is 4. The van der Waals surface area contributed by atoms with Crippen molar-refractivity contribution in [3.05, 3.63) is 103 Å². The zero-order valence-corrected chi connectivity index (χ0v) is 35.8. The van der Waals surface area contributed by atoms with E-state index in [-0.39, 0.29) is 6.71 Å². The van der Waals surface area contributed by atoms with Crippen molar-refractivity contribution >= 4 is 110 Å². The number of hydrogen-bond acceptors (Lipinski definition) is 2. The second-order valence-electron chi connectivity index (χ2n) is 18.5. The van der Waals surface area contributed by atoms with Crippen molar-refractivity contribution in [2.45, 2.75) is 78.6 Å². The average molecular weight is 709 g/mol. The minimum Gasteiger partial charge on any atom is -0.311 e. The van der Waals surface area contributed by atoms with Gasteiger partial charge < -0.3 is 9.80 Å². The van der Waals surface area contributed by atoms with Crippen molar-refractivity contribution in [1.29, 1.82) is 0 Å². The van der Waals surface area contributed by atoms with E-state index in [1.807, 2.05) is 0 Å². The first kappa shape index (κ1) is 34.1. The van der Waals surface area contributed by atoms with Gasteiger partial charge in [0.1, 0.15) is 0 Å². The third-order valence-corrected chi connectivity index (χ3v) is 18.9. The van der Waals surface area contributed by atoms with Gasteiger partial charge in [0.2, 0.25) is 0 Å². The fourth-order valence-electron chi connectivity index (χ4n) is 7.65. The van der Waals surface area contributed by atoms with Crippen molar-refractivity contribution in [2.75, 3.05) is 9.80 Å². The van der Waals surface area contributed by atoms with E-state index < -0.39 is 32.3 Å². The molecule has 0 atom stereocenters. The fraction of sp³-hybridized carbons (Fsp3) is 0.286. The summed E-state index contributed by atoms with van der Waals surface area (Å²) in [6.07, 6.45) is 0. The number of anilines is 6. The Bertz CT molecular complexity index is 1920.